The largest absolute Gasteiger partial charge is 0.289 e. The molecule has 1 heteroatoms. The van der Waals surface area contributed by atoms with Crippen LogP contribution in [-0.4, -0.2) is 5.78 Å². The Hall–Kier alpha value is -2.15. The molecule has 4 rings (SSSR count). The van der Waals surface area contributed by atoms with Crippen LogP contribution < -0.4 is 0 Å². The predicted octanol–water partition coefficient (Wildman–Crippen LogP) is 6.05. The van der Waals surface area contributed by atoms with Crippen molar-refractivity contribution in [3.05, 3.63) is 76.9 Å². The summed E-state index contributed by atoms with van der Waals surface area (Å²) in [5, 5.41) is 0. The molecule has 0 atom stereocenters. The van der Waals surface area contributed by atoms with Crippen molar-refractivity contribution in [3.63, 3.8) is 0 Å². The second-order valence-electron chi connectivity index (χ2n) is 7.07. The van der Waals surface area contributed by atoms with Gasteiger partial charge in [-0.2, -0.15) is 0 Å². The van der Waals surface area contributed by atoms with Crippen LogP contribution in [0.3, 0.4) is 0 Å². The SMILES string of the molecule is O=C1C(C2CCCCCCC2)=C(c2ccccc2)c2ccccc21. The topological polar surface area (TPSA) is 17.1 Å². The van der Waals surface area contributed by atoms with E-state index in [0.717, 1.165) is 29.5 Å². The van der Waals surface area contributed by atoms with Crippen LogP contribution >= 0.6 is 0 Å². The highest BCUT2D eigenvalue weighted by atomic mass is 16.1. The fraction of sp³-hybridized carbons (Fsp3) is 0.348. The molecular formula is C23H24O. The second kappa shape index (κ2) is 6.76. The number of Topliss-reactive ketones (excluding diaryl/α,β-unsaturated/α-hetero) is 1. The van der Waals surface area contributed by atoms with Crippen LogP contribution in [0.15, 0.2) is 60.2 Å². The third kappa shape index (κ3) is 2.73. The van der Waals surface area contributed by atoms with Crippen molar-refractivity contribution < 1.29 is 4.79 Å². The number of ketones is 1. The zero-order chi connectivity index (χ0) is 16.4. The molecule has 2 aliphatic rings. The van der Waals surface area contributed by atoms with Gasteiger partial charge in [-0.15, -0.1) is 0 Å². The molecule has 0 aromatic heterocycles. The minimum Gasteiger partial charge on any atom is -0.289 e. The highest BCUT2D eigenvalue weighted by Gasteiger charge is 2.34. The molecule has 0 aliphatic heterocycles. The van der Waals surface area contributed by atoms with Crippen LogP contribution in [-0.2, 0) is 0 Å². The first-order valence-electron chi connectivity index (χ1n) is 9.30. The molecule has 0 spiro atoms. The van der Waals surface area contributed by atoms with Gasteiger partial charge in [0.1, 0.15) is 0 Å². The predicted molar refractivity (Wildman–Crippen MR) is 99.0 cm³/mol. The normalized spacial score (nSPS) is 19.1. The number of carbonyl (C=O) groups is 1. The van der Waals surface area contributed by atoms with E-state index in [-0.39, 0.29) is 5.78 Å². The van der Waals surface area contributed by atoms with Gasteiger partial charge in [-0.3, -0.25) is 4.79 Å². The number of carbonyl (C=O) groups excluding carboxylic acids is 1. The van der Waals surface area contributed by atoms with E-state index in [9.17, 15) is 4.79 Å². The maximum atomic E-state index is 13.2. The molecule has 0 N–H and O–H groups in total. The van der Waals surface area contributed by atoms with Crippen LogP contribution in [0.25, 0.3) is 5.57 Å². The molecule has 24 heavy (non-hydrogen) atoms. The van der Waals surface area contributed by atoms with Crippen LogP contribution in [0.5, 0.6) is 0 Å². The Labute approximate surface area is 144 Å². The highest BCUT2D eigenvalue weighted by Crippen LogP contribution is 2.43. The molecule has 1 nitrogen and oxygen atoms in total. The molecule has 0 radical (unpaired) electrons. The Balaban J connectivity index is 1.85. The molecule has 122 valence electrons. The molecule has 0 heterocycles. The molecule has 0 bridgehead atoms. The van der Waals surface area contributed by atoms with E-state index in [1.54, 1.807) is 0 Å². The van der Waals surface area contributed by atoms with Gasteiger partial charge in [-0.05, 0) is 35.5 Å². The molecule has 2 aromatic rings. The Kier molecular flexibility index (Phi) is 4.34. The van der Waals surface area contributed by atoms with E-state index in [0.29, 0.717) is 5.92 Å². The van der Waals surface area contributed by atoms with E-state index in [2.05, 4.69) is 36.4 Å². The summed E-state index contributed by atoms with van der Waals surface area (Å²) < 4.78 is 0. The third-order valence-electron chi connectivity index (χ3n) is 5.53. The van der Waals surface area contributed by atoms with E-state index >= 15 is 0 Å². The van der Waals surface area contributed by atoms with Crippen molar-refractivity contribution in [2.24, 2.45) is 5.92 Å². The van der Waals surface area contributed by atoms with E-state index in [4.69, 9.17) is 0 Å². The van der Waals surface area contributed by atoms with Crippen molar-refractivity contribution in [2.45, 2.75) is 44.9 Å². The van der Waals surface area contributed by atoms with Gasteiger partial charge < -0.3 is 0 Å². The number of rotatable bonds is 2. The zero-order valence-corrected chi connectivity index (χ0v) is 14.1. The van der Waals surface area contributed by atoms with Gasteiger partial charge in [0.15, 0.2) is 5.78 Å². The van der Waals surface area contributed by atoms with Crippen molar-refractivity contribution >= 4 is 11.4 Å². The fourth-order valence-corrected chi connectivity index (χ4v) is 4.35. The summed E-state index contributed by atoms with van der Waals surface area (Å²) in [4.78, 5) is 13.2. The van der Waals surface area contributed by atoms with Crippen molar-refractivity contribution in [3.8, 4) is 0 Å². The standard InChI is InChI=1S/C23H24O/c24-23-20-16-10-9-15-19(20)21(17-11-7-4-8-12-17)22(23)18-13-5-2-1-3-6-14-18/h4,7-12,15-16,18H,1-3,5-6,13-14H2. The lowest BCUT2D eigenvalue weighted by Gasteiger charge is -2.22. The summed E-state index contributed by atoms with van der Waals surface area (Å²) in [6.07, 6.45) is 8.79. The number of hydrogen-bond donors (Lipinski definition) is 0. The first-order valence-corrected chi connectivity index (χ1v) is 9.30. The van der Waals surface area contributed by atoms with Crippen molar-refractivity contribution in [1.29, 1.82) is 0 Å². The third-order valence-corrected chi connectivity index (χ3v) is 5.53. The Morgan fingerprint density at radius 2 is 1.25 bits per heavy atom. The summed E-state index contributed by atoms with van der Waals surface area (Å²) in [5.74, 6) is 0.690. The van der Waals surface area contributed by atoms with Crippen molar-refractivity contribution in [2.75, 3.05) is 0 Å². The van der Waals surface area contributed by atoms with Gasteiger partial charge >= 0.3 is 0 Å². The lowest BCUT2D eigenvalue weighted by Crippen LogP contribution is -2.13. The average Bonchev–Trinajstić information content (AvgIpc) is 2.89. The van der Waals surface area contributed by atoms with Crippen LogP contribution in [0.1, 0.15) is 66.4 Å². The molecule has 0 unspecified atom stereocenters. The molecule has 1 saturated carbocycles. The summed E-state index contributed by atoms with van der Waals surface area (Å²) in [7, 11) is 0. The zero-order valence-electron chi connectivity index (χ0n) is 14.1. The molecule has 0 saturated heterocycles. The average molecular weight is 316 g/mol. The monoisotopic (exact) mass is 316 g/mol. The first-order chi connectivity index (χ1) is 11.9. The highest BCUT2D eigenvalue weighted by molar-refractivity contribution is 6.23. The van der Waals surface area contributed by atoms with Gasteiger partial charge in [0.05, 0.1) is 0 Å². The van der Waals surface area contributed by atoms with Crippen LogP contribution in [0.2, 0.25) is 0 Å². The molecule has 1 fully saturated rings. The fourth-order valence-electron chi connectivity index (χ4n) is 4.35. The summed E-state index contributed by atoms with van der Waals surface area (Å²) in [6, 6.07) is 18.6. The molecule has 0 amide bonds. The molecule has 2 aliphatic carbocycles. The van der Waals surface area contributed by atoms with Gasteiger partial charge in [-0.25, -0.2) is 0 Å². The number of allylic oxidation sites excluding steroid dienone is 1. The van der Waals surface area contributed by atoms with Gasteiger partial charge in [0.25, 0.3) is 0 Å². The van der Waals surface area contributed by atoms with Gasteiger partial charge in [0, 0.05) is 11.1 Å². The first kappa shape index (κ1) is 15.4. The lowest BCUT2D eigenvalue weighted by atomic mass is 9.82. The van der Waals surface area contributed by atoms with E-state index in [1.807, 2.05) is 18.2 Å². The lowest BCUT2D eigenvalue weighted by molar-refractivity contribution is 0.102. The van der Waals surface area contributed by atoms with E-state index < -0.39 is 0 Å². The maximum absolute atomic E-state index is 13.2. The van der Waals surface area contributed by atoms with Crippen molar-refractivity contribution in [1.82, 2.24) is 0 Å². The minimum absolute atomic E-state index is 0.273. The minimum atomic E-state index is 0.273. The number of hydrogen-bond acceptors (Lipinski definition) is 1. The second-order valence-corrected chi connectivity index (χ2v) is 7.07. The Morgan fingerprint density at radius 1 is 0.667 bits per heavy atom. The maximum Gasteiger partial charge on any atom is 0.190 e. The van der Waals surface area contributed by atoms with Gasteiger partial charge in [-0.1, -0.05) is 86.7 Å². The van der Waals surface area contributed by atoms with Crippen LogP contribution in [0.4, 0.5) is 0 Å². The summed E-state index contributed by atoms with van der Waals surface area (Å²) in [5.41, 5.74) is 5.50. The summed E-state index contributed by atoms with van der Waals surface area (Å²) in [6.45, 7) is 0. The number of fused-ring (bicyclic) bond motifs is 1. The van der Waals surface area contributed by atoms with E-state index in [1.165, 1.54) is 43.2 Å². The number of benzene rings is 2. The quantitative estimate of drug-likeness (QED) is 0.659. The smallest absolute Gasteiger partial charge is 0.190 e. The van der Waals surface area contributed by atoms with Crippen LogP contribution in [0, 0.1) is 5.92 Å². The molecular weight excluding hydrogens is 292 g/mol. The molecule has 2 aromatic carbocycles. The Bertz CT molecular complexity index is 762. The van der Waals surface area contributed by atoms with Gasteiger partial charge in [0.2, 0.25) is 0 Å². The summed E-state index contributed by atoms with van der Waals surface area (Å²) >= 11 is 0. The Morgan fingerprint density at radius 3 is 1.96 bits per heavy atom.